The van der Waals surface area contributed by atoms with Gasteiger partial charge in [-0.25, -0.2) is 4.98 Å². The van der Waals surface area contributed by atoms with Crippen LogP contribution < -0.4 is 5.32 Å². The molecule has 1 heterocycles. The number of nitrogens with one attached hydrogen (secondary N) is 1. The van der Waals surface area contributed by atoms with Crippen molar-refractivity contribution in [1.82, 2.24) is 4.98 Å². The number of hydrogen-bond donors (Lipinski definition) is 1. The average Bonchev–Trinajstić information content (AvgIpc) is 2.51. The van der Waals surface area contributed by atoms with E-state index in [9.17, 15) is 13.2 Å². The third-order valence-corrected chi connectivity index (χ3v) is 3.74. The predicted octanol–water partition coefficient (Wildman–Crippen LogP) is 4.34. The summed E-state index contributed by atoms with van der Waals surface area (Å²) < 4.78 is 37.2. The Balaban J connectivity index is 2.05. The fourth-order valence-electron chi connectivity index (χ4n) is 2.95. The van der Waals surface area contributed by atoms with Gasteiger partial charge in [-0.05, 0) is 36.3 Å². The lowest BCUT2D eigenvalue weighted by Crippen LogP contribution is -2.22. The molecule has 1 aromatic rings. The SMILES string of the molecule is CC1CC(C)(C)CC1Nc1ccc(C(F)(F)F)nc1. The van der Waals surface area contributed by atoms with Crippen molar-refractivity contribution in [1.29, 1.82) is 0 Å². The number of hydrogen-bond acceptors (Lipinski definition) is 2. The smallest absolute Gasteiger partial charge is 0.381 e. The molecule has 0 amide bonds. The van der Waals surface area contributed by atoms with Crippen molar-refractivity contribution >= 4 is 5.69 Å². The topological polar surface area (TPSA) is 24.9 Å². The zero-order valence-electron chi connectivity index (χ0n) is 11.4. The normalized spacial score (nSPS) is 26.4. The molecule has 19 heavy (non-hydrogen) atoms. The van der Waals surface area contributed by atoms with E-state index < -0.39 is 11.9 Å². The van der Waals surface area contributed by atoms with E-state index in [0.717, 1.165) is 18.9 Å². The second kappa shape index (κ2) is 4.69. The molecule has 1 aromatic heterocycles. The van der Waals surface area contributed by atoms with Gasteiger partial charge in [0.05, 0.1) is 11.9 Å². The lowest BCUT2D eigenvalue weighted by molar-refractivity contribution is -0.141. The number of rotatable bonds is 2. The van der Waals surface area contributed by atoms with E-state index in [2.05, 4.69) is 31.1 Å². The molecule has 2 nitrogen and oxygen atoms in total. The van der Waals surface area contributed by atoms with Crippen LogP contribution in [0, 0.1) is 11.3 Å². The Labute approximate surface area is 111 Å². The molecule has 1 fully saturated rings. The Morgan fingerprint density at radius 3 is 2.37 bits per heavy atom. The van der Waals surface area contributed by atoms with Crippen molar-refractivity contribution < 1.29 is 13.2 Å². The lowest BCUT2D eigenvalue weighted by atomic mass is 9.91. The van der Waals surface area contributed by atoms with E-state index in [-0.39, 0.29) is 5.41 Å². The van der Waals surface area contributed by atoms with Crippen LogP contribution in [-0.4, -0.2) is 11.0 Å². The van der Waals surface area contributed by atoms with E-state index in [1.807, 2.05) is 0 Å². The van der Waals surface area contributed by atoms with Gasteiger partial charge in [0.1, 0.15) is 5.69 Å². The molecule has 0 saturated heterocycles. The van der Waals surface area contributed by atoms with Gasteiger partial charge < -0.3 is 5.32 Å². The highest BCUT2D eigenvalue weighted by molar-refractivity contribution is 5.42. The van der Waals surface area contributed by atoms with Crippen LogP contribution >= 0.6 is 0 Å². The summed E-state index contributed by atoms with van der Waals surface area (Å²) in [6.45, 7) is 6.61. The quantitative estimate of drug-likeness (QED) is 0.866. The van der Waals surface area contributed by atoms with Crippen LogP contribution in [0.3, 0.4) is 0 Å². The number of aromatic nitrogens is 1. The Bertz CT molecular complexity index is 437. The molecule has 0 radical (unpaired) electrons. The number of alkyl halides is 3. The Morgan fingerprint density at radius 1 is 1.26 bits per heavy atom. The van der Waals surface area contributed by atoms with Gasteiger partial charge in [0.2, 0.25) is 0 Å². The summed E-state index contributed by atoms with van der Waals surface area (Å²) in [6, 6.07) is 2.77. The summed E-state index contributed by atoms with van der Waals surface area (Å²) in [4.78, 5) is 3.47. The fraction of sp³-hybridized carbons (Fsp3) is 0.643. The highest BCUT2D eigenvalue weighted by Crippen LogP contribution is 2.42. The van der Waals surface area contributed by atoms with Gasteiger partial charge in [-0.3, -0.25) is 0 Å². The largest absolute Gasteiger partial charge is 0.433 e. The van der Waals surface area contributed by atoms with Gasteiger partial charge in [-0.15, -0.1) is 0 Å². The summed E-state index contributed by atoms with van der Waals surface area (Å²) in [6.07, 6.45) is -0.962. The van der Waals surface area contributed by atoms with Crippen molar-refractivity contribution in [2.75, 3.05) is 5.32 Å². The monoisotopic (exact) mass is 272 g/mol. The Kier molecular flexibility index (Phi) is 3.49. The summed E-state index contributed by atoms with van der Waals surface area (Å²) >= 11 is 0. The minimum Gasteiger partial charge on any atom is -0.381 e. The number of anilines is 1. The Morgan fingerprint density at radius 2 is 1.95 bits per heavy atom. The van der Waals surface area contributed by atoms with Crippen LogP contribution in [0.15, 0.2) is 18.3 Å². The molecule has 1 N–H and O–H groups in total. The van der Waals surface area contributed by atoms with Crippen molar-refractivity contribution in [2.45, 2.75) is 45.8 Å². The maximum Gasteiger partial charge on any atom is 0.433 e. The van der Waals surface area contributed by atoms with Crippen LogP contribution in [0.5, 0.6) is 0 Å². The summed E-state index contributed by atoms with van der Waals surface area (Å²) in [7, 11) is 0. The summed E-state index contributed by atoms with van der Waals surface area (Å²) in [5.74, 6) is 0.511. The van der Waals surface area contributed by atoms with Crippen LogP contribution in [-0.2, 0) is 6.18 Å². The molecule has 106 valence electrons. The maximum atomic E-state index is 12.4. The first-order chi connectivity index (χ1) is 8.67. The number of pyridine rings is 1. The molecule has 0 bridgehead atoms. The molecule has 1 saturated carbocycles. The molecule has 0 aromatic carbocycles. The minimum atomic E-state index is -4.37. The van der Waals surface area contributed by atoms with Gasteiger partial charge >= 0.3 is 6.18 Å². The fourth-order valence-corrected chi connectivity index (χ4v) is 2.95. The first-order valence-electron chi connectivity index (χ1n) is 6.47. The van der Waals surface area contributed by atoms with Crippen molar-refractivity contribution in [3.8, 4) is 0 Å². The van der Waals surface area contributed by atoms with E-state index in [4.69, 9.17) is 0 Å². The zero-order chi connectivity index (χ0) is 14.3. The van der Waals surface area contributed by atoms with Gasteiger partial charge in [0, 0.05) is 6.04 Å². The highest BCUT2D eigenvalue weighted by atomic mass is 19.4. The standard InChI is InChI=1S/C14H19F3N2/c1-9-6-13(2,3)7-11(9)19-10-4-5-12(18-8-10)14(15,16)17/h4-5,8-9,11,19H,6-7H2,1-3H3. The number of halogens is 3. The van der Waals surface area contributed by atoms with Gasteiger partial charge in [0.15, 0.2) is 0 Å². The molecule has 0 aliphatic heterocycles. The van der Waals surface area contributed by atoms with Gasteiger partial charge in [-0.1, -0.05) is 20.8 Å². The summed E-state index contributed by atoms with van der Waals surface area (Å²) in [5.41, 5.74) is 0.0940. The second-order valence-corrected chi connectivity index (χ2v) is 6.23. The van der Waals surface area contributed by atoms with Gasteiger partial charge in [-0.2, -0.15) is 13.2 Å². The molecule has 5 heteroatoms. The van der Waals surface area contributed by atoms with Crippen LogP contribution in [0.2, 0.25) is 0 Å². The van der Waals surface area contributed by atoms with E-state index in [0.29, 0.717) is 17.6 Å². The third-order valence-electron chi connectivity index (χ3n) is 3.74. The average molecular weight is 272 g/mol. The molecule has 2 atom stereocenters. The molecule has 0 spiro atoms. The first-order valence-corrected chi connectivity index (χ1v) is 6.47. The molecule has 1 aliphatic carbocycles. The predicted molar refractivity (Wildman–Crippen MR) is 68.8 cm³/mol. The van der Waals surface area contributed by atoms with Gasteiger partial charge in [0.25, 0.3) is 0 Å². The second-order valence-electron chi connectivity index (χ2n) is 6.23. The molecular formula is C14H19F3N2. The summed E-state index contributed by atoms with van der Waals surface area (Å²) in [5, 5.41) is 3.30. The van der Waals surface area contributed by atoms with E-state index in [1.54, 1.807) is 0 Å². The molecular weight excluding hydrogens is 253 g/mol. The maximum absolute atomic E-state index is 12.4. The minimum absolute atomic E-state index is 0.288. The molecule has 2 unspecified atom stereocenters. The molecule has 1 aliphatic rings. The van der Waals surface area contributed by atoms with Crippen LogP contribution in [0.4, 0.5) is 18.9 Å². The van der Waals surface area contributed by atoms with E-state index in [1.165, 1.54) is 12.3 Å². The van der Waals surface area contributed by atoms with Crippen LogP contribution in [0.1, 0.15) is 39.3 Å². The highest BCUT2D eigenvalue weighted by Gasteiger charge is 2.37. The Hall–Kier alpha value is -1.26. The van der Waals surface area contributed by atoms with Crippen molar-refractivity contribution in [3.05, 3.63) is 24.0 Å². The zero-order valence-corrected chi connectivity index (χ0v) is 11.4. The van der Waals surface area contributed by atoms with Crippen molar-refractivity contribution in [3.63, 3.8) is 0 Å². The van der Waals surface area contributed by atoms with Crippen molar-refractivity contribution in [2.24, 2.45) is 11.3 Å². The molecule has 2 rings (SSSR count). The lowest BCUT2D eigenvalue weighted by Gasteiger charge is -2.19. The number of nitrogens with zero attached hydrogens (tertiary/aromatic N) is 1. The van der Waals surface area contributed by atoms with Crippen LogP contribution in [0.25, 0.3) is 0 Å². The van der Waals surface area contributed by atoms with E-state index >= 15 is 0 Å². The first kappa shape index (κ1) is 14.2. The third kappa shape index (κ3) is 3.39.